The van der Waals surface area contributed by atoms with Gasteiger partial charge in [0.25, 0.3) is 0 Å². The molecule has 0 radical (unpaired) electrons. The highest BCUT2D eigenvalue weighted by atomic mass is 16.1. The molecule has 0 saturated carbocycles. The minimum atomic E-state index is -0.255. The Morgan fingerprint density at radius 1 is 1.50 bits per heavy atom. The summed E-state index contributed by atoms with van der Waals surface area (Å²) < 4.78 is 2.05. The highest BCUT2D eigenvalue weighted by molar-refractivity contribution is 5.75. The van der Waals surface area contributed by atoms with Crippen molar-refractivity contribution >= 4 is 5.91 Å². The van der Waals surface area contributed by atoms with Gasteiger partial charge in [-0.05, 0) is 32.7 Å². The van der Waals surface area contributed by atoms with Crippen LogP contribution in [0.3, 0.4) is 0 Å². The fourth-order valence-electron chi connectivity index (χ4n) is 2.88. The zero-order valence-corrected chi connectivity index (χ0v) is 12.5. The molecule has 2 heterocycles. The zero-order valence-electron chi connectivity index (χ0n) is 12.5. The first-order valence-corrected chi connectivity index (χ1v) is 7.52. The highest BCUT2D eigenvalue weighted by Gasteiger charge is 2.26. The number of amides is 1. The zero-order chi connectivity index (χ0) is 14.5. The molecule has 1 aliphatic rings. The van der Waals surface area contributed by atoms with Crippen LogP contribution in [-0.4, -0.2) is 45.2 Å². The molecule has 6 nitrogen and oxygen atoms in total. The second-order valence-corrected chi connectivity index (χ2v) is 5.63. The lowest BCUT2D eigenvalue weighted by Crippen LogP contribution is -2.40. The number of nitrogens with zero attached hydrogens (tertiary/aromatic N) is 4. The number of nitrogens with two attached hydrogens (primary N) is 1. The Labute approximate surface area is 120 Å². The molecule has 0 spiro atoms. The number of carbonyl (C=O) groups is 1. The van der Waals surface area contributed by atoms with Crippen LogP contribution in [0.5, 0.6) is 0 Å². The van der Waals surface area contributed by atoms with Crippen LogP contribution >= 0.6 is 0 Å². The van der Waals surface area contributed by atoms with Crippen molar-refractivity contribution < 1.29 is 4.79 Å². The van der Waals surface area contributed by atoms with Crippen LogP contribution in [-0.2, 0) is 11.3 Å². The molecular weight excluding hydrogens is 254 g/mol. The number of hydrogen-bond donors (Lipinski definition) is 1. The van der Waals surface area contributed by atoms with Gasteiger partial charge in [-0.2, -0.15) is 5.10 Å². The molecule has 1 unspecified atom stereocenters. The van der Waals surface area contributed by atoms with E-state index in [1.807, 2.05) is 6.92 Å². The lowest BCUT2D eigenvalue weighted by Gasteiger charge is -2.31. The van der Waals surface area contributed by atoms with Crippen LogP contribution in [0.1, 0.15) is 50.2 Å². The van der Waals surface area contributed by atoms with Gasteiger partial charge in [-0.3, -0.25) is 9.69 Å². The number of carbonyl (C=O) groups excluding carboxylic acids is 1. The van der Waals surface area contributed by atoms with Crippen molar-refractivity contribution in [3.8, 4) is 0 Å². The monoisotopic (exact) mass is 279 g/mol. The van der Waals surface area contributed by atoms with Crippen LogP contribution in [0.25, 0.3) is 0 Å². The third-order valence-corrected chi connectivity index (χ3v) is 3.78. The number of aryl methyl sites for hydroxylation is 2. The molecule has 1 saturated heterocycles. The van der Waals surface area contributed by atoms with E-state index in [-0.39, 0.29) is 5.91 Å². The Hall–Kier alpha value is -1.43. The summed E-state index contributed by atoms with van der Waals surface area (Å²) in [6.45, 7) is 7.20. The summed E-state index contributed by atoms with van der Waals surface area (Å²) in [5.74, 6) is 2.02. The second kappa shape index (κ2) is 6.83. The first-order chi connectivity index (χ1) is 9.60. The van der Waals surface area contributed by atoms with E-state index in [1.54, 1.807) is 0 Å². The fourth-order valence-corrected chi connectivity index (χ4v) is 2.88. The smallest absolute Gasteiger partial charge is 0.231 e. The number of rotatable bonds is 6. The summed E-state index contributed by atoms with van der Waals surface area (Å²) in [6.07, 6.45) is 4.46. The molecule has 2 rings (SSSR count). The maximum Gasteiger partial charge on any atom is 0.231 e. The number of primary amides is 1. The van der Waals surface area contributed by atoms with E-state index in [0.29, 0.717) is 12.5 Å². The minimum absolute atomic E-state index is 0.255. The Balaban J connectivity index is 2.07. The van der Waals surface area contributed by atoms with Gasteiger partial charge < -0.3 is 5.73 Å². The predicted molar refractivity (Wildman–Crippen MR) is 77.3 cm³/mol. The summed E-state index contributed by atoms with van der Waals surface area (Å²) in [5, 5.41) is 4.50. The third-order valence-electron chi connectivity index (χ3n) is 3.78. The van der Waals surface area contributed by atoms with Crippen LogP contribution in [0.15, 0.2) is 0 Å². The maximum absolute atomic E-state index is 11.1. The van der Waals surface area contributed by atoms with Gasteiger partial charge >= 0.3 is 0 Å². The third kappa shape index (κ3) is 3.79. The molecule has 2 N–H and O–H groups in total. The summed E-state index contributed by atoms with van der Waals surface area (Å²) in [7, 11) is 0. The lowest BCUT2D eigenvalue weighted by molar-refractivity contribution is -0.119. The number of aromatic nitrogens is 3. The van der Waals surface area contributed by atoms with Gasteiger partial charge in [0, 0.05) is 19.0 Å². The molecule has 0 bridgehead atoms. The molecule has 1 atom stereocenters. The van der Waals surface area contributed by atoms with Crippen molar-refractivity contribution in [3.63, 3.8) is 0 Å². The normalized spacial score (nSPS) is 20.2. The Morgan fingerprint density at radius 2 is 2.30 bits per heavy atom. The van der Waals surface area contributed by atoms with Crippen molar-refractivity contribution in [2.75, 3.05) is 19.6 Å². The van der Waals surface area contributed by atoms with E-state index in [0.717, 1.165) is 57.0 Å². The minimum Gasteiger partial charge on any atom is -0.369 e. The molecule has 1 aliphatic heterocycles. The molecular formula is C14H25N5O. The highest BCUT2D eigenvalue weighted by Crippen LogP contribution is 2.25. The largest absolute Gasteiger partial charge is 0.369 e. The molecule has 1 aromatic rings. The SMILES string of the molecule is CCCCn1nc(C)nc1C1CCCN(CC(N)=O)C1. The van der Waals surface area contributed by atoms with Crippen molar-refractivity contribution in [2.24, 2.45) is 5.73 Å². The summed E-state index contributed by atoms with van der Waals surface area (Å²) >= 11 is 0. The maximum atomic E-state index is 11.1. The topological polar surface area (TPSA) is 77.0 Å². The standard InChI is InChI=1S/C14H25N5O/c1-3-4-8-19-14(16-11(2)17-19)12-6-5-7-18(9-12)10-13(15)20/h12H,3-10H2,1-2H3,(H2,15,20). The van der Waals surface area contributed by atoms with Crippen molar-refractivity contribution in [3.05, 3.63) is 11.6 Å². The van der Waals surface area contributed by atoms with Crippen LogP contribution in [0, 0.1) is 6.92 Å². The van der Waals surface area contributed by atoms with Gasteiger partial charge in [-0.15, -0.1) is 0 Å². The van der Waals surface area contributed by atoms with Crippen LogP contribution in [0.4, 0.5) is 0 Å². The van der Waals surface area contributed by atoms with Gasteiger partial charge in [0.15, 0.2) is 0 Å². The Kier molecular flexibility index (Phi) is 5.11. The fraction of sp³-hybridized carbons (Fsp3) is 0.786. The average Bonchev–Trinajstić information content (AvgIpc) is 2.77. The number of likely N-dealkylation sites (tertiary alicyclic amines) is 1. The van der Waals surface area contributed by atoms with Gasteiger partial charge in [0.1, 0.15) is 11.6 Å². The summed E-state index contributed by atoms with van der Waals surface area (Å²) in [6, 6.07) is 0. The molecule has 20 heavy (non-hydrogen) atoms. The van der Waals surface area contributed by atoms with Gasteiger partial charge in [0.05, 0.1) is 6.54 Å². The molecule has 0 aromatic carbocycles. The van der Waals surface area contributed by atoms with Gasteiger partial charge in [0.2, 0.25) is 5.91 Å². The molecule has 1 amide bonds. The average molecular weight is 279 g/mol. The molecule has 6 heteroatoms. The van der Waals surface area contributed by atoms with E-state index >= 15 is 0 Å². The van der Waals surface area contributed by atoms with Crippen molar-refractivity contribution in [1.82, 2.24) is 19.7 Å². The molecule has 112 valence electrons. The first-order valence-electron chi connectivity index (χ1n) is 7.52. The van der Waals surface area contributed by atoms with Crippen molar-refractivity contribution in [2.45, 2.75) is 52.0 Å². The quantitative estimate of drug-likeness (QED) is 0.844. The van der Waals surface area contributed by atoms with Crippen molar-refractivity contribution in [1.29, 1.82) is 0 Å². The Morgan fingerprint density at radius 3 is 3.00 bits per heavy atom. The predicted octanol–water partition coefficient (Wildman–Crippen LogP) is 1.05. The van der Waals surface area contributed by atoms with E-state index in [4.69, 9.17) is 5.73 Å². The van der Waals surface area contributed by atoms with E-state index in [9.17, 15) is 4.79 Å². The number of unbranched alkanes of at least 4 members (excludes halogenated alkanes) is 1. The summed E-state index contributed by atoms with van der Waals surface area (Å²) in [5.41, 5.74) is 5.29. The van der Waals surface area contributed by atoms with E-state index < -0.39 is 0 Å². The van der Waals surface area contributed by atoms with E-state index in [2.05, 4.69) is 26.6 Å². The lowest BCUT2D eigenvalue weighted by atomic mass is 9.97. The molecule has 0 aliphatic carbocycles. The molecule has 1 fully saturated rings. The molecule has 1 aromatic heterocycles. The van der Waals surface area contributed by atoms with Gasteiger partial charge in [-0.1, -0.05) is 13.3 Å². The number of hydrogen-bond acceptors (Lipinski definition) is 4. The summed E-state index contributed by atoms with van der Waals surface area (Å²) in [4.78, 5) is 17.8. The van der Waals surface area contributed by atoms with Gasteiger partial charge in [-0.25, -0.2) is 9.67 Å². The first kappa shape index (κ1) is 15.0. The number of piperidine rings is 1. The van der Waals surface area contributed by atoms with Crippen LogP contribution < -0.4 is 5.73 Å². The Bertz CT molecular complexity index is 456. The second-order valence-electron chi connectivity index (χ2n) is 5.63. The van der Waals surface area contributed by atoms with Crippen LogP contribution in [0.2, 0.25) is 0 Å². The van der Waals surface area contributed by atoms with E-state index in [1.165, 1.54) is 0 Å².